The molecule has 1 heterocycles. The van der Waals surface area contributed by atoms with Gasteiger partial charge in [-0.05, 0) is 97.4 Å². The molecule has 7 aromatic carbocycles. The molecule has 1 heteroatoms. The van der Waals surface area contributed by atoms with Crippen molar-refractivity contribution < 1.29 is 0 Å². The quantitative estimate of drug-likeness (QED) is 0.226. The summed E-state index contributed by atoms with van der Waals surface area (Å²) in [5, 5.41) is 7.77. The van der Waals surface area contributed by atoms with Gasteiger partial charge in [0.1, 0.15) is 0 Å². The van der Waals surface area contributed by atoms with E-state index in [2.05, 4.69) is 144 Å². The average Bonchev–Trinajstić information content (AvgIpc) is 3.50. The summed E-state index contributed by atoms with van der Waals surface area (Å²) < 4.78 is 2.42. The molecule has 1 aliphatic carbocycles. The molecular formula is C38H23N. The van der Waals surface area contributed by atoms with E-state index in [1.807, 2.05) is 0 Å². The number of rotatable bonds is 2. The van der Waals surface area contributed by atoms with E-state index in [0.29, 0.717) is 0 Å². The Kier molecular flexibility index (Phi) is 4.11. The topological polar surface area (TPSA) is 4.93 Å². The fourth-order valence-electron chi connectivity index (χ4n) is 6.74. The first-order valence-electron chi connectivity index (χ1n) is 13.5. The Morgan fingerprint density at radius 1 is 0.359 bits per heavy atom. The van der Waals surface area contributed by atoms with E-state index >= 15 is 0 Å². The zero-order valence-electron chi connectivity index (χ0n) is 21.2. The van der Waals surface area contributed by atoms with Gasteiger partial charge in [-0.2, -0.15) is 0 Å². The molecule has 0 radical (unpaired) electrons. The lowest BCUT2D eigenvalue weighted by atomic mass is 9.96. The fraction of sp³-hybridized carbons (Fsp3) is 0. The predicted octanol–water partition coefficient (Wildman–Crippen LogP) is 10.4. The van der Waals surface area contributed by atoms with Crippen molar-refractivity contribution in [1.82, 2.24) is 4.57 Å². The molecule has 180 valence electrons. The van der Waals surface area contributed by atoms with Gasteiger partial charge in [0.05, 0.1) is 11.0 Å². The number of benzene rings is 7. The highest BCUT2D eigenvalue weighted by Gasteiger charge is 2.22. The molecule has 0 spiro atoms. The van der Waals surface area contributed by atoms with Crippen molar-refractivity contribution in [3.05, 3.63) is 140 Å². The van der Waals surface area contributed by atoms with Crippen LogP contribution in [0.1, 0.15) is 0 Å². The number of hydrogen-bond donors (Lipinski definition) is 0. The van der Waals surface area contributed by atoms with Crippen LogP contribution < -0.4 is 0 Å². The highest BCUT2D eigenvalue weighted by Crippen LogP contribution is 2.48. The van der Waals surface area contributed by atoms with Crippen molar-refractivity contribution in [2.45, 2.75) is 0 Å². The summed E-state index contributed by atoms with van der Waals surface area (Å²) in [5.74, 6) is 0. The van der Waals surface area contributed by atoms with Gasteiger partial charge in [0.25, 0.3) is 0 Å². The minimum absolute atomic E-state index is 1.18. The lowest BCUT2D eigenvalue weighted by Crippen LogP contribution is -1.94. The first kappa shape index (κ1) is 20.9. The maximum atomic E-state index is 2.42. The summed E-state index contributed by atoms with van der Waals surface area (Å²) in [5.41, 5.74) is 11.5. The van der Waals surface area contributed by atoms with Crippen molar-refractivity contribution in [2.75, 3.05) is 0 Å². The summed E-state index contributed by atoms with van der Waals surface area (Å²) in [7, 11) is 0. The molecule has 1 aliphatic rings. The monoisotopic (exact) mass is 493 g/mol. The molecule has 1 nitrogen and oxygen atoms in total. The Morgan fingerprint density at radius 2 is 1.05 bits per heavy atom. The minimum Gasteiger partial charge on any atom is -0.309 e. The highest BCUT2D eigenvalue weighted by atomic mass is 15.0. The molecule has 0 N–H and O–H groups in total. The van der Waals surface area contributed by atoms with Crippen molar-refractivity contribution in [3.8, 4) is 39.1 Å². The van der Waals surface area contributed by atoms with Crippen LogP contribution in [-0.2, 0) is 0 Å². The van der Waals surface area contributed by atoms with Gasteiger partial charge in [0, 0.05) is 16.5 Å². The van der Waals surface area contributed by atoms with Crippen LogP contribution in [0.3, 0.4) is 0 Å². The van der Waals surface area contributed by atoms with E-state index in [1.54, 1.807) is 0 Å². The van der Waals surface area contributed by atoms with Gasteiger partial charge >= 0.3 is 0 Å². The van der Waals surface area contributed by atoms with Crippen LogP contribution >= 0.6 is 0 Å². The summed E-state index contributed by atoms with van der Waals surface area (Å²) >= 11 is 0. The molecule has 1 aromatic heterocycles. The SMILES string of the molecule is c1cc(-c2cc3c4c(cccc4c2)-c2ccccc2-3)cc(-n2c3ccccc3c3cc4ccccc4cc32)c1. The summed E-state index contributed by atoms with van der Waals surface area (Å²) in [4.78, 5) is 0. The average molecular weight is 494 g/mol. The summed E-state index contributed by atoms with van der Waals surface area (Å²) in [6, 6.07) is 51.3. The van der Waals surface area contributed by atoms with E-state index in [4.69, 9.17) is 0 Å². The zero-order chi connectivity index (χ0) is 25.5. The standard InChI is InChI=1S/C38H23N/c1-2-10-26-23-37-34(21-25(26)9-1)32-16-5-6-18-36(32)39(37)29-13-7-11-24(20-29)28-19-27-12-8-17-33-30-14-3-4-15-31(30)35(22-28)38(27)33/h1-23H. The van der Waals surface area contributed by atoms with Gasteiger partial charge < -0.3 is 4.57 Å². The molecule has 0 saturated heterocycles. The smallest absolute Gasteiger partial charge is 0.0547 e. The maximum absolute atomic E-state index is 2.42. The van der Waals surface area contributed by atoms with Crippen LogP contribution in [-0.4, -0.2) is 4.57 Å². The molecule has 0 bridgehead atoms. The molecule has 9 rings (SSSR count). The lowest BCUT2D eigenvalue weighted by Gasteiger charge is -2.12. The molecule has 0 amide bonds. The third-order valence-corrected chi connectivity index (χ3v) is 8.46. The highest BCUT2D eigenvalue weighted by molar-refractivity contribution is 6.17. The number of para-hydroxylation sites is 1. The van der Waals surface area contributed by atoms with Crippen LogP contribution in [0.25, 0.3) is 82.4 Å². The van der Waals surface area contributed by atoms with Gasteiger partial charge in [-0.15, -0.1) is 0 Å². The molecule has 0 unspecified atom stereocenters. The molecule has 8 aromatic rings. The van der Waals surface area contributed by atoms with Crippen LogP contribution in [0.5, 0.6) is 0 Å². The first-order valence-corrected chi connectivity index (χ1v) is 13.5. The molecule has 39 heavy (non-hydrogen) atoms. The maximum Gasteiger partial charge on any atom is 0.0547 e. The Labute approximate surface area is 226 Å². The summed E-state index contributed by atoms with van der Waals surface area (Å²) in [6.45, 7) is 0. The predicted molar refractivity (Wildman–Crippen MR) is 166 cm³/mol. The number of nitrogens with zero attached hydrogens (tertiary/aromatic N) is 1. The van der Waals surface area contributed by atoms with E-state index in [0.717, 1.165) is 0 Å². The molecular weight excluding hydrogens is 470 g/mol. The number of aromatic nitrogens is 1. The van der Waals surface area contributed by atoms with Gasteiger partial charge in [-0.1, -0.05) is 97.1 Å². The van der Waals surface area contributed by atoms with Crippen LogP contribution in [0.4, 0.5) is 0 Å². The lowest BCUT2D eigenvalue weighted by molar-refractivity contribution is 1.18. The van der Waals surface area contributed by atoms with E-state index in [-0.39, 0.29) is 0 Å². The second-order valence-corrected chi connectivity index (χ2v) is 10.6. The van der Waals surface area contributed by atoms with Gasteiger partial charge in [0.15, 0.2) is 0 Å². The summed E-state index contributed by atoms with van der Waals surface area (Å²) in [6.07, 6.45) is 0. The van der Waals surface area contributed by atoms with Crippen LogP contribution in [0.2, 0.25) is 0 Å². The normalized spacial score (nSPS) is 12.1. The van der Waals surface area contributed by atoms with Gasteiger partial charge in [0.2, 0.25) is 0 Å². The third kappa shape index (κ3) is 2.90. The molecule has 0 atom stereocenters. The fourth-order valence-corrected chi connectivity index (χ4v) is 6.74. The number of hydrogen-bond acceptors (Lipinski definition) is 0. The van der Waals surface area contributed by atoms with Crippen molar-refractivity contribution >= 4 is 43.4 Å². The van der Waals surface area contributed by atoms with Crippen molar-refractivity contribution in [2.24, 2.45) is 0 Å². The Morgan fingerprint density at radius 3 is 1.95 bits per heavy atom. The van der Waals surface area contributed by atoms with Gasteiger partial charge in [-0.3, -0.25) is 0 Å². The van der Waals surface area contributed by atoms with Crippen LogP contribution in [0, 0.1) is 0 Å². The van der Waals surface area contributed by atoms with E-state index in [1.165, 1.54) is 82.4 Å². The molecule has 0 fully saturated rings. The second-order valence-electron chi connectivity index (χ2n) is 10.6. The molecule has 0 aliphatic heterocycles. The van der Waals surface area contributed by atoms with E-state index in [9.17, 15) is 0 Å². The second kappa shape index (κ2) is 7.69. The Bertz CT molecular complexity index is 2280. The van der Waals surface area contributed by atoms with E-state index < -0.39 is 0 Å². The third-order valence-electron chi connectivity index (χ3n) is 8.46. The van der Waals surface area contributed by atoms with Crippen molar-refractivity contribution in [1.29, 1.82) is 0 Å². The minimum atomic E-state index is 1.18. The first-order chi connectivity index (χ1) is 19.3. The van der Waals surface area contributed by atoms with Crippen LogP contribution in [0.15, 0.2) is 140 Å². The Hall–Kier alpha value is -5.14. The Balaban J connectivity index is 1.29. The van der Waals surface area contributed by atoms with Crippen molar-refractivity contribution in [3.63, 3.8) is 0 Å². The zero-order valence-corrected chi connectivity index (χ0v) is 21.2. The largest absolute Gasteiger partial charge is 0.309 e. The van der Waals surface area contributed by atoms with Gasteiger partial charge in [-0.25, -0.2) is 0 Å². The molecule has 0 saturated carbocycles. The number of fused-ring (bicyclic) bond motifs is 7.